The quantitative estimate of drug-likeness (QED) is 0.179. The molecule has 0 fully saturated rings. The molecule has 0 N–H and O–H groups in total. The predicted octanol–water partition coefficient (Wildman–Crippen LogP) is 14.5. The van der Waals surface area contributed by atoms with Crippen molar-refractivity contribution >= 4 is 86.8 Å². The summed E-state index contributed by atoms with van der Waals surface area (Å²) in [5.74, 6) is 1.83. The van der Waals surface area contributed by atoms with Crippen molar-refractivity contribution in [3.63, 3.8) is 0 Å². The van der Waals surface area contributed by atoms with Crippen LogP contribution < -0.4 is 0 Å². The Morgan fingerprint density at radius 2 is 0.900 bits per heavy atom. The molecule has 13 rings (SSSR count). The van der Waals surface area contributed by atoms with Gasteiger partial charge in [0.15, 0.2) is 17.5 Å². The molecule has 0 saturated heterocycles. The van der Waals surface area contributed by atoms with Crippen molar-refractivity contribution in [3.05, 3.63) is 194 Å². The van der Waals surface area contributed by atoms with Gasteiger partial charge in [-0.3, -0.25) is 0 Å². The first-order valence-corrected chi connectivity index (χ1v) is 20.3. The number of nitrogens with zero attached hydrogens (tertiary/aromatic N) is 4. The summed E-state index contributed by atoms with van der Waals surface area (Å²) in [7, 11) is 0. The van der Waals surface area contributed by atoms with Crippen molar-refractivity contribution in [2.24, 2.45) is 0 Å². The molecule has 10 aromatic carbocycles. The Morgan fingerprint density at radius 3 is 1.68 bits per heavy atom. The van der Waals surface area contributed by atoms with Crippen LogP contribution in [-0.2, 0) is 0 Å². The Balaban J connectivity index is 1.05. The first-order valence-electron chi connectivity index (χ1n) is 20.3. The van der Waals surface area contributed by atoms with Crippen LogP contribution in [-0.4, -0.2) is 19.5 Å². The third-order valence-electron chi connectivity index (χ3n) is 12.2. The molecule has 0 spiro atoms. The van der Waals surface area contributed by atoms with Crippen molar-refractivity contribution in [1.29, 1.82) is 0 Å². The van der Waals surface area contributed by atoms with Crippen LogP contribution in [0.5, 0.6) is 0 Å². The highest BCUT2D eigenvalue weighted by molar-refractivity contribution is 6.23. The summed E-state index contributed by atoms with van der Waals surface area (Å²) >= 11 is 0. The van der Waals surface area contributed by atoms with Gasteiger partial charge in [0.2, 0.25) is 0 Å². The van der Waals surface area contributed by atoms with Gasteiger partial charge in [0.05, 0.1) is 16.7 Å². The number of furan rings is 1. The molecular formula is C55H32N4O. The molecule has 278 valence electrons. The van der Waals surface area contributed by atoms with Gasteiger partial charge in [-0.05, 0) is 63.3 Å². The largest absolute Gasteiger partial charge is 0.455 e. The molecule has 0 saturated carbocycles. The van der Waals surface area contributed by atoms with Crippen LogP contribution in [0.1, 0.15) is 0 Å². The number of rotatable bonds is 4. The average molecular weight is 765 g/mol. The van der Waals surface area contributed by atoms with Crippen molar-refractivity contribution in [2.45, 2.75) is 0 Å². The van der Waals surface area contributed by atoms with Gasteiger partial charge in [-0.1, -0.05) is 158 Å². The van der Waals surface area contributed by atoms with Gasteiger partial charge in [-0.15, -0.1) is 0 Å². The summed E-state index contributed by atoms with van der Waals surface area (Å²) in [5, 5.41) is 13.9. The maximum atomic E-state index is 6.90. The van der Waals surface area contributed by atoms with Gasteiger partial charge in [0, 0.05) is 54.4 Å². The van der Waals surface area contributed by atoms with Gasteiger partial charge in [0.1, 0.15) is 11.2 Å². The Kier molecular flexibility index (Phi) is 6.95. The van der Waals surface area contributed by atoms with Gasteiger partial charge in [-0.25, -0.2) is 15.0 Å². The van der Waals surface area contributed by atoms with Crippen molar-refractivity contribution in [1.82, 2.24) is 19.5 Å². The second kappa shape index (κ2) is 12.7. The number of hydrogen-bond acceptors (Lipinski definition) is 4. The van der Waals surface area contributed by atoms with E-state index in [9.17, 15) is 0 Å². The molecule has 0 radical (unpaired) electrons. The Morgan fingerprint density at radius 1 is 0.333 bits per heavy atom. The van der Waals surface area contributed by atoms with E-state index in [0.29, 0.717) is 17.5 Å². The molecule has 0 amide bonds. The number of aromatic nitrogens is 4. The Bertz CT molecular complexity index is 3900. The summed E-state index contributed by atoms with van der Waals surface area (Å²) < 4.78 is 9.39. The van der Waals surface area contributed by atoms with E-state index in [2.05, 4.69) is 168 Å². The summed E-state index contributed by atoms with van der Waals surface area (Å²) in [6.45, 7) is 0. The molecule has 0 atom stereocenters. The number of hydrogen-bond donors (Lipinski definition) is 0. The zero-order chi connectivity index (χ0) is 39.3. The number of benzene rings is 10. The fraction of sp³-hybridized carbons (Fsp3) is 0. The second-order valence-corrected chi connectivity index (χ2v) is 15.6. The number of fused-ring (bicyclic) bond motifs is 12. The first kappa shape index (κ1) is 32.9. The van der Waals surface area contributed by atoms with E-state index >= 15 is 0 Å². The Labute approximate surface area is 343 Å². The summed E-state index contributed by atoms with van der Waals surface area (Å²) in [6, 6.07) is 68.7. The maximum absolute atomic E-state index is 6.90. The molecule has 5 heteroatoms. The summed E-state index contributed by atoms with van der Waals surface area (Å²) in [5.41, 5.74) is 7.83. The average Bonchev–Trinajstić information content (AvgIpc) is 3.85. The van der Waals surface area contributed by atoms with Crippen molar-refractivity contribution in [2.75, 3.05) is 0 Å². The third kappa shape index (κ3) is 4.96. The van der Waals surface area contributed by atoms with Gasteiger partial charge >= 0.3 is 0 Å². The highest BCUT2D eigenvalue weighted by atomic mass is 16.3. The molecule has 0 aliphatic heterocycles. The van der Waals surface area contributed by atoms with E-state index in [1.165, 1.54) is 48.7 Å². The minimum atomic E-state index is 0.587. The maximum Gasteiger partial charge on any atom is 0.164 e. The second-order valence-electron chi connectivity index (χ2n) is 15.6. The van der Waals surface area contributed by atoms with Crippen LogP contribution in [0.3, 0.4) is 0 Å². The topological polar surface area (TPSA) is 56.7 Å². The molecule has 0 bridgehead atoms. The first-order chi connectivity index (χ1) is 29.7. The molecule has 0 aliphatic carbocycles. The lowest BCUT2D eigenvalue weighted by Crippen LogP contribution is -2.00. The van der Waals surface area contributed by atoms with Crippen LogP contribution in [0, 0.1) is 0 Å². The van der Waals surface area contributed by atoms with Crippen molar-refractivity contribution < 1.29 is 4.42 Å². The fourth-order valence-corrected chi connectivity index (χ4v) is 9.29. The van der Waals surface area contributed by atoms with Gasteiger partial charge < -0.3 is 8.98 Å². The third-order valence-corrected chi connectivity index (χ3v) is 12.2. The standard InChI is InChI=1S/C55H32N4O/c1-2-14-35(15-3-1)53-56-54(39-23-22-33-12-4-5-16-36(33)28-39)58-55(57-53)40-25-26-43-47-32-49(42-20-10-11-21-45(42)52(47)60-50(43)31-40)59-48-30-38-18-7-6-17-37(38)29-46(48)44-27-24-34-13-8-9-19-41(34)51(44)59/h1-32H. The predicted molar refractivity (Wildman–Crippen MR) is 248 cm³/mol. The minimum absolute atomic E-state index is 0.587. The van der Waals surface area contributed by atoms with Crippen LogP contribution in [0.25, 0.3) is 127 Å². The van der Waals surface area contributed by atoms with E-state index in [1.54, 1.807) is 0 Å². The van der Waals surface area contributed by atoms with Crippen LogP contribution >= 0.6 is 0 Å². The van der Waals surface area contributed by atoms with E-state index in [-0.39, 0.29) is 0 Å². The molecule has 5 nitrogen and oxygen atoms in total. The highest BCUT2D eigenvalue weighted by Gasteiger charge is 2.22. The van der Waals surface area contributed by atoms with Crippen LogP contribution in [0.4, 0.5) is 0 Å². The van der Waals surface area contributed by atoms with Gasteiger partial charge in [0.25, 0.3) is 0 Å². The van der Waals surface area contributed by atoms with E-state index in [1.807, 2.05) is 30.3 Å². The van der Waals surface area contributed by atoms with Gasteiger partial charge in [-0.2, -0.15) is 0 Å². The lowest BCUT2D eigenvalue weighted by atomic mass is 10.0. The molecule has 13 aromatic rings. The van der Waals surface area contributed by atoms with Crippen LogP contribution in [0.15, 0.2) is 199 Å². The molecule has 3 heterocycles. The molecule has 0 unspecified atom stereocenters. The molecular weight excluding hydrogens is 733 g/mol. The van der Waals surface area contributed by atoms with E-state index < -0.39 is 0 Å². The normalized spacial score (nSPS) is 12.0. The zero-order valence-electron chi connectivity index (χ0n) is 32.2. The molecule has 3 aromatic heterocycles. The molecule has 0 aliphatic rings. The van der Waals surface area contributed by atoms with E-state index in [4.69, 9.17) is 19.4 Å². The summed E-state index contributed by atoms with van der Waals surface area (Å²) in [6.07, 6.45) is 0. The lowest BCUT2D eigenvalue weighted by Gasteiger charge is -2.14. The SMILES string of the molecule is c1ccc(-c2nc(-c3ccc4ccccc4c3)nc(-c3ccc4c(c3)oc3c5ccccc5c(-n5c6cc7ccccc7cc6c6ccc7ccccc7c65)cc43)n2)cc1. The fourth-order valence-electron chi connectivity index (χ4n) is 9.29. The van der Waals surface area contributed by atoms with Crippen LogP contribution in [0.2, 0.25) is 0 Å². The zero-order valence-corrected chi connectivity index (χ0v) is 32.2. The lowest BCUT2D eigenvalue weighted by molar-refractivity contribution is 0.672. The monoisotopic (exact) mass is 764 g/mol. The minimum Gasteiger partial charge on any atom is -0.455 e. The smallest absolute Gasteiger partial charge is 0.164 e. The highest BCUT2D eigenvalue weighted by Crippen LogP contribution is 2.44. The molecule has 60 heavy (non-hydrogen) atoms. The van der Waals surface area contributed by atoms with Crippen molar-refractivity contribution in [3.8, 4) is 39.9 Å². The Hall–Kier alpha value is -8.15. The van der Waals surface area contributed by atoms with E-state index in [0.717, 1.165) is 60.5 Å². The summed E-state index contributed by atoms with van der Waals surface area (Å²) in [4.78, 5) is 15.2.